The van der Waals surface area contributed by atoms with Crippen molar-refractivity contribution in [1.29, 1.82) is 0 Å². The molecule has 0 radical (unpaired) electrons. The minimum atomic E-state index is -0.641. The molecule has 10 nitrogen and oxygen atoms in total. The number of hydrogen-bond donors (Lipinski definition) is 3. The standard InChI is InChI=1S/C24H30N4O6/c1-32-18-13-16(14-19(33-2)22(18)34-3)26-23-15(8-6-12-25-23)7-4-5-9-20(29)27-17-10-11-21(30)28-24(17)31/h6,8,12-14,17H,4-5,7,9-11H2,1-3H3,(H,25,26)(H,27,29)(H,28,30,31). The largest absolute Gasteiger partial charge is 0.493 e. The number of methoxy groups -OCH3 is 3. The third-order valence-electron chi connectivity index (χ3n) is 5.49. The van der Waals surface area contributed by atoms with Crippen LogP contribution in [0.25, 0.3) is 0 Å². The average molecular weight is 471 g/mol. The number of ether oxygens (including phenoxy) is 3. The number of pyridine rings is 1. The number of nitrogens with one attached hydrogen (secondary N) is 3. The lowest BCUT2D eigenvalue weighted by atomic mass is 10.0. The lowest BCUT2D eigenvalue weighted by Crippen LogP contribution is -2.52. The molecule has 1 aliphatic rings. The lowest BCUT2D eigenvalue weighted by molar-refractivity contribution is -0.137. The van der Waals surface area contributed by atoms with Crippen molar-refractivity contribution in [1.82, 2.24) is 15.6 Å². The van der Waals surface area contributed by atoms with Gasteiger partial charge in [0.15, 0.2) is 11.5 Å². The molecule has 10 heteroatoms. The first-order valence-corrected chi connectivity index (χ1v) is 11.1. The molecule has 0 aliphatic carbocycles. The molecule has 34 heavy (non-hydrogen) atoms. The maximum Gasteiger partial charge on any atom is 0.249 e. The maximum absolute atomic E-state index is 12.2. The summed E-state index contributed by atoms with van der Waals surface area (Å²) in [7, 11) is 4.67. The number of nitrogens with zero attached hydrogens (tertiary/aromatic N) is 1. The third kappa shape index (κ3) is 6.37. The summed E-state index contributed by atoms with van der Waals surface area (Å²) >= 11 is 0. The summed E-state index contributed by atoms with van der Waals surface area (Å²) in [5.74, 6) is 1.33. The number of carbonyl (C=O) groups is 3. The van der Waals surface area contributed by atoms with Gasteiger partial charge in [-0.25, -0.2) is 4.98 Å². The van der Waals surface area contributed by atoms with Gasteiger partial charge in [-0.05, 0) is 37.3 Å². The Morgan fingerprint density at radius 3 is 2.50 bits per heavy atom. The Hall–Kier alpha value is -3.82. The van der Waals surface area contributed by atoms with E-state index < -0.39 is 11.9 Å². The first-order chi connectivity index (χ1) is 16.4. The molecule has 2 heterocycles. The highest BCUT2D eigenvalue weighted by Gasteiger charge is 2.27. The van der Waals surface area contributed by atoms with Crippen molar-refractivity contribution in [3.63, 3.8) is 0 Å². The summed E-state index contributed by atoms with van der Waals surface area (Å²) in [6.07, 6.45) is 4.70. The van der Waals surface area contributed by atoms with Crippen molar-refractivity contribution in [3.05, 3.63) is 36.0 Å². The summed E-state index contributed by atoms with van der Waals surface area (Å²) in [6, 6.07) is 6.82. The van der Waals surface area contributed by atoms with Crippen LogP contribution in [0, 0.1) is 0 Å². The van der Waals surface area contributed by atoms with Gasteiger partial charge in [-0.3, -0.25) is 19.7 Å². The Kier molecular flexibility index (Phi) is 8.66. The minimum absolute atomic E-state index is 0.198. The minimum Gasteiger partial charge on any atom is -0.493 e. The topological polar surface area (TPSA) is 128 Å². The van der Waals surface area contributed by atoms with Gasteiger partial charge < -0.3 is 24.8 Å². The van der Waals surface area contributed by atoms with Crippen LogP contribution in [0.2, 0.25) is 0 Å². The fraction of sp³-hybridized carbons (Fsp3) is 0.417. The number of aryl methyl sites for hydroxylation is 1. The number of rotatable bonds is 11. The van der Waals surface area contributed by atoms with Gasteiger partial charge in [0.05, 0.1) is 21.3 Å². The predicted molar refractivity (Wildman–Crippen MR) is 125 cm³/mol. The molecular weight excluding hydrogens is 440 g/mol. The molecule has 1 fully saturated rings. The molecule has 2 aromatic rings. The quantitative estimate of drug-likeness (QED) is 0.338. The summed E-state index contributed by atoms with van der Waals surface area (Å²) in [4.78, 5) is 39.6. The number of benzene rings is 1. The molecule has 0 saturated carbocycles. The number of hydrogen-bond acceptors (Lipinski definition) is 8. The van der Waals surface area contributed by atoms with Crippen molar-refractivity contribution in [3.8, 4) is 17.2 Å². The molecule has 1 unspecified atom stereocenters. The smallest absolute Gasteiger partial charge is 0.249 e. The molecule has 1 aliphatic heterocycles. The lowest BCUT2D eigenvalue weighted by Gasteiger charge is -2.21. The molecule has 182 valence electrons. The fourth-order valence-electron chi connectivity index (χ4n) is 3.74. The van der Waals surface area contributed by atoms with Gasteiger partial charge in [-0.1, -0.05) is 6.07 Å². The van der Waals surface area contributed by atoms with E-state index >= 15 is 0 Å². The number of unbranched alkanes of at least 4 members (excludes halogenated alkanes) is 1. The van der Waals surface area contributed by atoms with Crippen LogP contribution in [0.5, 0.6) is 17.2 Å². The second-order valence-corrected chi connectivity index (χ2v) is 7.83. The first-order valence-electron chi connectivity index (χ1n) is 11.1. The normalized spacial score (nSPS) is 15.3. The van der Waals surface area contributed by atoms with Crippen LogP contribution in [0.3, 0.4) is 0 Å². The van der Waals surface area contributed by atoms with Crippen LogP contribution < -0.4 is 30.2 Å². The highest BCUT2D eigenvalue weighted by molar-refractivity contribution is 6.01. The number of imide groups is 1. The van der Waals surface area contributed by atoms with Crippen molar-refractivity contribution < 1.29 is 28.6 Å². The SMILES string of the molecule is COc1cc(Nc2ncccc2CCCCC(=O)NC2CCC(=O)NC2=O)cc(OC)c1OC. The van der Waals surface area contributed by atoms with E-state index in [2.05, 4.69) is 20.9 Å². The monoisotopic (exact) mass is 470 g/mol. The molecular formula is C24H30N4O6. The van der Waals surface area contributed by atoms with E-state index in [0.717, 1.165) is 17.7 Å². The van der Waals surface area contributed by atoms with Crippen molar-refractivity contribution in [2.24, 2.45) is 0 Å². The second-order valence-electron chi connectivity index (χ2n) is 7.83. The zero-order chi connectivity index (χ0) is 24.5. The van der Waals surface area contributed by atoms with Crippen LogP contribution in [0.15, 0.2) is 30.5 Å². The zero-order valence-corrected chi connectivity index (χ0v) is 19.6. The highest BCUT2D eigenvalue weighted by atomic mass is 16.5. The number of amides is 3. The fourth-order valence-corrected chi connectivity index (χ4v) is 3.74. The molecule has 1 saturated heterocycles. The van der Waals surface area contributed by atoms with Crippen molar-refractivity contribution in [2.75, 3.05) is 26.6 Å². The Bertz CT molecular complexity index is 1020. The van der Waals surface area contributed by atoms with Gasteiger partial charge in [0.2, 0.25) is 23.5 Å². The Balaban J connectivity index is 1.55. The number of aromatic nitrogens is 1. The summed E-state index contributed by atoms with van der Waals surface area (Å²) in [6.45, 7) is 0. The van der Waals surface area contributed by atoms with E-state index in [9.17, 15) is 14.4 Å². The molecule has 3 rings (SSSR count). The van der Waals surface area contributed by atoms with Crippen LogP contribution >= 0.6 is 0 Å². The summed E-state index contributed by atoms with van der Waals surface area (Å²) < 4.78 is 16.2. The van der Waals surface area contributed by atoms with Gasteiger partial charge >= 0.3 is 0 Å². The third-order valence-corrected chi connectivity index (χ3v) is 5.49. The van der Waals surface area contributed by atoms with Crippen LogP contribution in [-0.4, -0.2) is 50.1 Å². The van der Waals surface area contributed by atoms with E-state index in [0.29, 0.717) is 48.7 Å². The van der Waals surface area contributed by atoms with Crippen molar-refractivity contribution >= 4 is 29.2 Å². The number of anilines is 2. The Labute approximate surface area is 198 Å². The zero-order valence-electron chi connectivity index (χ0n) is 19.6. The molecule has 0 bridgehead atoms. The van der Waals surface area contributed by atoms with Crippen LogP contribution in [0.1, 0.15) is 37.7 Å². The van der Waals surface area contributed by atoms with E-state index in [1.54, 1.807) is 39.7 Å². The number of piperidine rings is 1. The Morgan fingerprint density at radius 2 is 1.85 bits per heavy atom. The van der Waals surface area contributed by atoms with Gasteiger partial charge in [-0.2, -0.15) is 0 Å². The first kappa shape index (κ1) is 24.8. The number of carbonyl (C=O) groups excluding carboxylic acids is 3. The van der Waals surface area contributed by atoms with E-state index in [1.807, 2.05) is 12.1 Å². The Morgan fingerprint density at radius 1 is 1.12 bits per heavy atom. The van der Waals surface area contributed by atoms with Gasteiger partial charge in [0.1, 0.15) is 11.9 Å². The molecule has 0 spiro atoms. The average Bonchev–Trinajstić information content (AvgIpc) is 2.83. The molecule has 3 amide bonds. The molecule has 1 aromatic heterocycles. The maximum atomic E-state index is 12.2. The molecule has 1 atom stereocenters. The highest BCUT2D eigenvalue weighted by Crippen LogP contribution is 2.40. The predicted octanol–water partition coefficient (Wildman–Crippen LogP) is 2.49. The summed E-state index contributed by atoms with van der Waals surface area (Å²) in [5, 5.41) is 8.25. The second kappa shape index (κ2) is 11.9. The van der Waals surface area contributed by atoms with E-state index in [1.165, 1.54) is 0 Å². The molecule has 3 N–H and O–H groups in total. The van der Waals surface area contributed by atoms with E-state index in [-0.39, 0.29) is 18.2 Å². The van der Waals surface area contributed by atoms with Crippen LogP contribution in [-0.2, 0) is 20.8 Å². The van der Waals surface area contributed by atoms with Crippen LogP contribution in [0.4, 0.5) is 11.5 Å². The van der Waals surface area contributed by atoms with Gasteiger partial charge in [-0.15, -0.1) is 0 Å². The molecule has 1 aromatic carbocycles. The van der Waals surface area contributed by atoms with Crippen molar-refractivity contribution in [2.45, 2.75) is 44.6 Å². The van der Waals surface area contributed by atoms with Gasteiger partial charge in [0.25, 0.3) is 0 Å². The summed E-state index contributed by atoms with van der Waals surface area (Å²) in [5.41, 5.74) is 1.74. The van der Waals surface area contributed by atoms with E-state index in [4.69, 9.17) is 14.2 Å². The van der Waals surface area contributed by atoms with Gasteiger partial charge in [0, 0.05) is 36.9 Å².